The molecule has 9 heteroatoms. The van der Waals surface area contributed by atoms with Crippen molar-refractivity contribution in [3.8, 4) is 5.75 Å². The zero-order chi connectivity index (χ0) is 17.6. The molecule has 0 aliphatic heterocycles. The van der Waals surface area contributed by atoms with Crippen molar-refractivity contribution in [3.63, 3.8) is 0 Å². The molecule has 1 aromatic carbocycles. The van der Waals surface area contributed by atoms with Gasteiger partial charge in [-0.05, 0) is 26.8 Å². The Morgan fingerprint density at radius 3 is 2.48 bits per heavy atom. The zero-order valence-electron chi connectivity index (χ0n) is 13.2. The molecule has 0 unspecified atom stereocenters. The summed E-state index contributed by atoms with van der Waals surface area (Å²) >= 11 is 0. The summed E-state index contributed by atoms with van der Waals surface area (Å²) in [4.78, 5) is 33.2. The molecule has 0 bridgehead atoms. The van der Waals surface area contributed by atoms with Crippen LogP contribution >= 0.6 is 0 Å². The lowest BCUT2D eigenvalue weighted by Crippen LogP contribution is -2.47. The second-order valence-electron chi connectivity index (χ2n) is 5.90. The van der Waals surface area contributed by atoms with Gasteiger partial charge in [-0.15, -0.1) is 0 Å². The van der Waals surface area contributed by atoms with Crippen molar-refractivity contribution in [2.45, 2.75) is 32.9 Å². The summed E-state index contributed by atoms with van der Waals surface area (Å²) in [6.07, 6.45) is 0. The molecule has 0 saturated carbocycles. The molecule has 0 aromatic heterocycles. The number of carbonyl (C=O) groups is 2. The average molecular weight is 324 g/mol. The standard InChI is InChI=1S/C14H20N4O5/c1-14(2,3)17-12(20)8-16-13(21)15-7-9-6-10(18(22)23)4-5-11(9)19/h4-6,19H,7-8H2,1-3H3,(H,17,20)(H2,15,16,21). The third-order valence-corrected chi connectivity index (χ3v) is 2.64. The number of nitrogens with zero attached hydrogens (tertiary/aromatic N) is 1. The van der Waals surface area contributed by atoms with Crippen LogP contribution in [0, 0.1) is 10.1 Å². The number of urea groups is 1. The van der Waals surface area contributed by atoms with Gasteiger partial charge in [0.25, 0.3) is 5.69 Å². The second kappa shape index (κ2) is 7.43. The number of nitro benzene ring substituents is 1. The maximum absolute atomic E-state index is 11.6. The second-order valence-corrected chi connectivity index (χ2v) is 5.90. The number of rotatable bonds is 5. The van der Waals surface area contributed by atoms with Gasteiger partial charge in [-0.2, -0.15) is 0 Å². The molecule has 9 nitrogen and oxygen atoms in total. The molecule has 0 aliphatic rings. The normalized spacial score (nSPS) is 10.7. The van der Waals surface area contributed by atoms with E-state index >= 15 is 0 Å². The van der Waals surface area contributed by atoms with Crippen LogP contribution in [0.3, 0.4) is 0 Å². The fraction of sp³-hybridized carbons (Fsp3) is 0.429. The third-order valence-electron chi connectivity index (χ3n) is 2.64. The van der Waals surface area contributed by atoms with Crippen LogP contribution in [0.1, 0.15) is 26.3 Å². The average Bonchev–Trinajstić information content (AvgIpc) is 2.42. The summed E-state index contributed by atoms with van der Waals surface area (Å²) < 4.78 is 0. The Morgan fingerprint density at radius 1 is 1.26 bits per heavy atom. The fourth-order valence-corrected chi connectivity index (χ4v) is 1.69. The predicted octanol–water partition coefficient (Wildman–Crippen LogP) is 1.01. The van der Waals surface area contributed by atoms with Crippen LogP contribution < -0.4 is 16.0 Å². The molecule has 0 fully saturated rings. The van der Waals surface area contributed by atoms with Crippen LogP contribution in [0.4, 0.5) is 10.5 Å². The van der Waals surface area contributed by atoms with E-state index < -0.39 is 16.5 Å². The van der Waals surface area contributed by atoms with Crippen molar-refractivity contribution in [3.05, 3.63) is 33.9 Å². The van der Waals surface area contributed by atoms with Gasteiger partial charge in [-0.25, -0.2) is 4.79 Å². The van der Waals surface area contributed by atoms with Crippen molar-refractivity contribution in [1.29, 1.82) is 0 Å². The Morgan fingerprint density at radius 2 is 1.91 bits per heavy atom. The number of hydrogen-bond donors (Lipinski definition) is 4. The van der Waals surface area contributed by atoms with E-state index in [1.165, 1.54) is 12.1 Å². The van der Waals surface area contributed by atoms with E-state index in [1.54, 1.807) is 0 Å². The Bertz CT molecular complexity index is 610. The van der Waals surface area contributed by atoms with Crippen LogP contribution in [-0.2, 0) is 11.3 Å². The maximum Gasteiger partial charge on any atom is 0.315 e. The number of nitrogens with one attached hydrogen (secondary N) is 3. The van der Waals surface area contributed by atoms with Crippen LogP contribution in [0.25, 0.3) is 0 Å². The maximum atomic E-state index is 11.6. The molecular weight excluding hydrogens is 304 g/mol. The minimum atomic E-state index is -0.625. The zero-order valence-corrected chi connectivity index (χ0v) is 13.2. The monoisotopic (exact) mass is 324 g/mol. The van der Waals surface area contributed by atoms with Gasteiger partial charge >= 0.3 is 6.03 Å². The highest BCUT2D eigenvalue weighted by molar-refractivity contribution is 5.84. The first-order valence-electron chi connectivity index (χ1n) is 6.87. The topological polar surface area (TPSA) is 134 Å². The van der Waals surface area contributed by atoms with E-state index in [1.807, 2.05) is 20.8 Å². The van der Waals surface area contributed by atoms with E-state index in [4.69, 9.17) is 0 Å². The van der Waals surface area contributed by atoms with Crippen molar-refractivity contribution >= 4 is 17.6 Å². The van der Waals surface area contributed by atoms with Gasteiger partial charge in [0.15, 0.2) is 0 Å². The van der Waals surface area contributed by atoms with Gasteiger partial charge in [0.05, 0.1) is 11.5 Å². The summed E-state index contributed by atoms with van der Waals surface area (Å²) in [5, 5.41) is 27.7. The van der Waals surface area contributed by atoms with E-state index in [2.05, 4.69) is 16.0 Å². The molecular formula is C14H20N4O5. The molecule has 0 spiro atoms. The van der Waals surface area contributed by atoms with Crippen LogP contribution in [0.15, 0.2) is 18.2 Å². The molecule has 1 aromatic rings. The molecule has 4 N–H and O–H groups in total. The van der Waals surface area contributed by atoms with Crippen LogP contribution in [0.2, 0.25) is 0 Å². The van der Waals surface area contributed by atoms with Gasteiger partial charge in [-0.1, -0.05) is 0 Å². The molecule has 0 aliphatic carbocycles. The number of nitro groups is 1. The number of aromatic hydroxyl groups is 1. The van der Waals surface area contributed by atoms with Gasteiger partial charge in [-0.3, -0.25) is 14.9 Å². The number of phenolic OH excluding ortho intramolecular Hbond substituents is 1. The molecule has 126 valence electrons. The first-order valence-corrected chi connectivity index (χ1v) is 6.87. The van der Waals surface area contributed by atoms with Crippen LogP contribution in [0.5, 0.6) is 5.75 Å². The molecule has 0 heterocycles. The number of non-ortho nitro benzene ring substituents is 1. The quantitative estimate of drug-likeness (QED) is 0.474. The lowest BCUT2D eigenvalue weighted by molar-refractivity contribution is -0.384. The van der Waals surface area contributed by atoms with Gasteiger partial charge in [0, 0.05) is 29.8 Å². The highest BCUT2D eigenvalue weighted by Gasteiger charge is 2.15. The number of hydrogen-bond acceptors (Lipinski definition) is 5. The first-order chi connectivity index (χ1) is 10.6. The lowest BCUT2D eigenvalue weighted by atomic mass is 10.1. The smallest absolute Gasteiger partial charge is 0.315 e. The molecule has 23 heavy (non-hydrogen) atoms. The van der Waals surface area contributed by atoms with E-state index in [-0.39, 0.29) is 36.0 Å². The number of phenols is 1. The SMILES string of the molecule is CC(C)(C)NC(=O)CNC(=O)NCc1cc([N+](=O)[O-])ccc1O. The van der Waals surface area contributed by atoms with Gasteiger partial charge in [0.1, 0.15) is 5.75 Å². The summed E-state index contributed by atoms with van der Waals surface area (Å²) in [6, 6.07) is 2.89. The molecule has 0 atom stereocenters. The molecule has 0 saturated heterocycles. The van der Waals surface area contributed by atoms with Crippen LogP contribution in [-0.4, -0.2) is 34.1 Å². The van der Waals surface area contributed by atoms with E-state index in [0.29, 0.717) is 0 Å². The summed E-state index contributed by atoms with van der Waals surface area (Å²) in [5.41, 5.74) is -0.387. The first kappa shape index (κ1) is 18.2. The number of benzene rings is 1. The summed E-state index contributed by atoms with van der Waals surface area (Å²) in [7, 11) is 0. The van der Waals surface area contributed by atoms with E-state index in [0.717, 1.165) is 6.07 Å². The third kappa shape index (κ3) is 6.64. The van der Waals surface area contributed by atoms with Gasteiger partial charge in [0.2, 0.25) is 5.91 Å². The number of carbonyl (C=O) groups excluding carboxylic acids is 2. The van der Waals surface area contributed by atoms with Crippen molar-refractivity contribution in [2.24, 2.45) is 0 Å². The Hall–Kier alpha value is -2.84. The highest BCUT2D eigenvalue weighted by atomic mass is 16.6. The molecule has 3 amide bonds. The summed E-state index contributed by atoms with van der Waals surface area (Å²) in [5.74, 6) is -0.507. The number of amides is 3. The Labute approximate surface area is 133 Å². The Balaban J connectivity index is 2.49. The molecule has 1 rings (SSSR count). The van der Waals surface area contributed by atoms with Gasteiger partial charge < -0.3 is 21.1 Å². The Kier molecular flexibility index (Phi) is 5.88. The van der Waals surface area contributed by atoms with Crippen molar-refractivity contribution in [2.75, 3.05) is 6.54 Å². The largest absolute Gasteiger partial charge is 0.508 e. The molecule has 0 radical (unpaired) electrons. The minimum absolute atomic E-state index is 0.111. The van der Waals surface area contributed by atoms with Crippen molar-refractivity contribution < 1.29 is 19.6 Å². The predicted molar refractivity (Wildman–Crippen MR) is 82.9 cm³/mol. The minimum Gasteiger partial charge on any atom is -0.508 e. The lowest BCUT2D eigenvalue weighted by Gasteiger charge is -2.20. The van der Waals surface area contributed by atoms with E-state index in [9.17, 15) is 24.8 Å². The fourth-order valence-electron chi connectivity index (χ4n) is 1.69. The summed E-state index contributed by atoms with van der Waals surface area (Å²) in [6.45, 7) is 5.13. The van der Waals surface area contributed by atoms with Crippen molar-refractivity contribution in [1.82, 2.24) is 16.0 Å². The highest BCUT2D eigenvalue weighted by Crippen LogP contribution is 2.22.